The third kappa shape index (κ3) is 6.42. The van der Waals surface area contributed by atoms with Crippen molar-refractivity contribution >= 4 is 45.7 Å². The number of carbonyl (C=O) groups excluding carboxylic acids is 2. The molecule has 0 radical (unpaired) electrons. The van der Waals surface area contributed by atoms with Crippen molar-refractivity contribution in [2.24, 2.45) is 5.92 Å². The molecule has 0 spiro atoms. The fourth-order valence-corrected chi connectivity index (χ4v) is 5.37. The van der Waals surface area contributed by atoms with Gasteiger partial charge in [-0.25, -0.2) is 9.37 Å². The molecule has 1 atom stereocenters. The van der Waals surface area contributed by atoms with Crippen molar-refractivity contribution in [1.29, 1.82) is 0 Å². The average molecular weight is 484 g/mol. The summed E-state index contributed by atoms with van der Waals surface area (Å²) in [6.45, 7) is 1.84. The minimum atomic E-state index is -0.328. The number of thiazole rings is 1. The van der Waals surface area contributed by atoms with Gasteiger partial charge in [-0.15, -0.1) is 23.1 Å². The highest BCUT2D eigenvalue weighted by molar-refractivity contribution is 8.00. The van der Waals surface area contributed by atoms with E-state index in [2.05, 4.69) is 15.6 Å². The maximum Gasteiger partial charge on any atom is 0.239 e. The minimum Gasteiger partial charge on any atom is -0.326 e. The number of anilines is 2. The molecule has 5 nitrogen and oxygen atoms in total. The molecule has 0 saturated heterocycles. The second-order valence-corrected chi connectivity index (χ2v) is 10.4. The summed E-state index contributed by atoms with van der Waals surface area (Å²) in [5.74, 6) is -0.222. The fraction of sp³-hybridized carbons (Fsp3) is 0.320. The van der Waals surface area contributed by atoms with Crippen LogP contribution in [0.3, 0.4) is 0 Å². The van der Waals surface area contributed by atoms with Gasteiger partial charge in [-0.2, -0.15) is 0 Å². The van der Waals surface area contributed by atoms with Gasteiger partial charge in [0.05, 0.1) is 10.9 Å². The Morgan fingerprint density at radius 2 is 1.73 bits per heavy atom. The van der Waals surface area contributed by atoms with Gasteiger partial charge in [-0.1, -0.05) is 19.3 Å². The molecule has 3 aromatic rings. The van der Waals surface area contributed by atoms with Crippen molar-refractivity contribution in [3.05, 3.63) is 59.7 Å². The summed E-state index contributed by atoms with van der Waals surface area (Å²) >= 11 is 2.78. The molecule has 0 bridgehead atoms. The number of nitrogens with one attached hydrogen (secondary N) is 2. The molecule has 2 N–H and O–H groups in total. The molecule has 1 heterocycles. The van der Waals surface area contributed by atoms with Crippen molar-refractivity contribution in [3.63, 3.8) is 0 Å². The fourth-order valence-electron chi connectivity index (χ4n) is 3.77. The Balaban J connectivity index is 1.29. The molecular weight excluding hydrogens is 457 g/mol. The summed E-state index contributed by atoms with van der Waals surface area (Å²) in [5.41, 5.74) is 2.27. The topological polar surface area (TPSA) is 71.1 Å². The molecule has 1 aliphatic carbocycles. The van der Waals surface area contributed by atoms with Crippen LogP contribution in [0.5, 0.6) is 0 Å². The second kappa shape index (κ2) is 10.9. The zero-order valence-corrected chi connectivity index (χ0v) is 20.0. The minimum absolute atomic E-state index is 0.103. The van der Waals surface area contributed by atoms with Crippen LogP contribution in [-0.2, 0) is 9.59 Å². The third-order valence-corrected chi connectivity index (χ3v) is 7.52. The summed E-state index contributed by atoms with van der Waals surface area (Å²) in [4.78, 5) is 30.4. The molecule has 1 fully saturated rings. The van der Waals surface area contributed by atoms with Gasteiger partial charge in [0.2, 0.25) is 11.8 Å². The monoisotopic (exact) mass is 483 g/mol. The Bertz CT molecular complexity index is 1090. The number of benzene rings is 2. The highest BCUT2D eigenvalue weighted by Crippen LogP contribution is 2.29. The number of nitrogens with zero attached hydrogens (tertiary/aromatic N) is 1. The zero-order valence-electron chi connectivity index (χ0n) is 18.3. The van der Waals surface area contributed by atoms with E-state index in [1.807, 2.05) is 36.6 Å². The van der Waals surface area contributed by atoms with Gasteiger partial charge >= 0.3 is 0 Å². The number of rotatable bonds is 7. The van der Waals surface area contributed by atoms with Crippen molar-refractivity contribution in [2.45, 2.75) is 49.2 Å². The standard InChI is InChI=1S/C25H26FN3O2S2/c1-16(23(30)29-25-28-22(15-32-25)17-7-9-19(26)10-8-17)33-21-13-11-20(12-14-21)27-24(31)18-5-3-2-4-6-18/h7-16,18H,2-6H2,1H3,(H,27,31)(H,28,29,30). The Labute approximate surface area is 201 Å². The van der Waals surface area contributed by atoms with Gasteiger partial charge in [0, 0.05) is 27.4 Å². The Morgan fingerprint density at radius 3 is 2.42 bits per heavy atom. The molecule has 4 rings (SSSR count). The first kappa shape index (κ1) is 23.4. The van der Waals surface area contributed by atoms with Crippen LogP contribution in [0.25, 0.3) is 11.3 Å². The van der Waals surface area contributed by atoms with Crippen LogP contribution in [0, 0.1) is 11.7 Å². The number of carbonyl (C=O) groups is 2. The first-order chi connectivity index (χ1) is 16.0. The number of hydrogen-bond donors (Lipinski definition) is 2. The van der Waals surface area contributed by atoms with Gasteiger partial charge in [0.1, 0.15) is 5.82 Å². The third-order valence-electron chi connectivity index (χ3n) is 5.65. The lowest BCUT2D eigenvalue weighted by molar-refractivity contribution is -0.120. The number of aromatic nitrogens is 1. The first-order valence-corrected chi connectivity index (χ1v) is 12.8. The maximum atomic E-state index is 13.1. The number of hydrogen-bond acceptors (Lipinski definition) is 5. The van der Waals surface area contributed by atoms with E-state index < -0.39 is 0 Å². The molecule has 0 aliphatic heterocycles. The van der Waals surface area contributed by atoms with Gasteiger partial charge < -0.3 is 10.6 Å². The lowest BCUT2D eigenvalue weighted by Gasteiger charge is -2.20. The predicted molar refractivity (Wildman–Crippen MR) is 133 cm³/mol. The van der Waals surface area contributed by atoms with Crippen LogP contribution in [0.1, 0.15) is 39.0 Å². The summed E-state index contributed by atoms with van der Waals surface area (Å²) in [7, 11) is 0. The molecule has 2 amide bonds. The molecule has 33 heavy (non-hydrogen) atoms. The van der Waals surface area contributed by atoms with Crippen LogP contribution in [0.15, 0.2) is 58.8 Å². The number of halogens is 1. The average Bonchev–Trinajstić information content (AvgIpc) is 3.29. The van der Waals surface area contributed by atoms with Crippen LogP contribution < -0.4 is 10.6 Å². The molecule has 1 aromatic heterocycles. The quantitative estimate of drug-likeness (QED) is 0.372. The van der Waals surface area contributed by atoms with Crippen molar-refractivity contribution in [2.75, 3.05) is 10.6 Å². The van der Waals surface area contributed by atoms with E-state index in [1.54, 1.807) is 12.1 Å². The summed E-state index contributed by atoms with van der Waals surface area (Å²) in [6.07, 6.45) is 5.41. The van der Waals surface area contributed by atoms with E-state index in [9.17, 15) is 14.0 Å². The van der Waals surface area contributed by atoms with Crippen molar-refractivity contribution < 1.29 is 14.0 Å². The van der Waals surface area contributed by atoms with Crippen molar-refractivity contribution in [3.8, 4) is 11.3 Å². The lowest BCUT2D eigenvalue weighted by Crippen LogP contribution is -2.24. The highest BCUT2D eigenvalue weighted by atomic mass is 32.2. The lowest BCUT2D eigenvalue weighted by atomic mass is 9.88. The summed E-state index contributed by atoms with van der Waals surface area (Å²) < 4.78 is 13.1. The predicted octanol–water partition coefficient (Wildman–Crippen LogP) is 6.59. The molecule has 2 aromatic carbocycles. The zero-order chi connectivity index (χ0) is 23.2. The first-order valence-electron chi connectivity index (χ1n) is 11.1. The molecular formula is C25H26FN3O2S2. The van der Waals surface area contributed by atoms with Crippen LogP contribution in [0.2, 0.25) is 0 Å². The molecule has 8 heteroatoms. The molecule has 172 valence electrons. The summed E-state index contributed by atoms with van der Waals surface area (Å²) in [6, 6.07) is 13.7. The smallest absolute Gasteiger partial charge is 0.239 e. The SMILES string of the molecule is CC(Sc1ccc(NC(=O)C2CCCCC2)cc1)C(=O)Nc1nc(-c2ccc(F)cc2)cs1. The Morgan fingerprint density at radius 1 is 1.03 bits per heavy atom. The highest BCUT2D eigenvalue weighted by Gasteiger charge is 2.21. The molecule has 1 unspecified atom stereocenters. The number of amides is 2. The van der Waals surface area contributed by atoms with E-state index in [0.717, 1.165) is 41.8 Å². The van der Waals surface area contributed by atoms with Gasteiger partial charge in [-0.3, -0.25) is 9.59 Å². The second-order valence-electron chi connectivity index (χ2n) is 8.14. The van der Waals surface area contributed by atoms with E-state index >= 15 is 0 Å². The van der Waals surface area contributed by atoms with Gasteiger partial charge in [0.15, 0.2) is 5.13 Å². The summed E-state index contributed by atoms with van der Waals surface area (Å²) in [5, 5.41) is 7.88. The van der Waals surface area contributed by atoms with Gasteiger partial charge in [0.25, 0.3) is 0 Å². The Kier molecular flexibility index (Phi) is 7.77. The van der Waals surface area contributed by atoms with Gasteiger partial charge in [-0.05, 0) is 68.3 Å². The van der Waals surface area contributed by atoms with E-state index in [4.69, 9.17) is 0 Å². The van der Waals surface area contributed by atoms with Crippen molar-refractivity contribution in [1.82, 2.24) is 4.98 Å². The normalized spacial score (nSPS) is 15.1. The van der Waals surface area contributed by atoms with Crippen LogP contribution in [0.4, 0.5) is 15.2 Å². The molecule has 1 aliphatic rings. The maximum absolute atomic E-state index is 13.1. The van der Waals surface area contributed by atoms with Crippen LogP contribution >= 0.6 is 23.1 Å². The van der Waals surface area contributed by atoms with E-state index in [0.29, 0.717) is 10.8 Å². The Hall–Kier alpha value is -2.71. The molecule has 1 saturated carbocycles. The largest absolute Gasteiger partial charge is 0.326 e. The van der Waals surface area contributed by atoms with E-state index in [1.165, 1.54) is 41.7 Å². The number of thioether (sulfide) groups is 1. The van der Waals surface area contributed by atoms with E-state index in [-0.39, 0.29) is 28.8 Å². The van der Waals surface area contributed by atoms with Crippen LogP contribution in [-0.4, -0.2) is 22.0 Å².